The topological polar surface area (TPSA) is 67.2 Å². The second kappa shape index (κ2) is 4.52. The van der Waals surface area contributed by atoms with Crippen LogP contribution in [-0.4, -0.2) is 33.4 Å². The fourth-order valence-electron chi connectivity index (χ4n) is 2.19. The summed E-state index contributed by atoms with van der Waals surface area (Å²) in [5.41, 5.74) is -2.13. The minimum Gasteiger partial charge on any atom is -0.480 e. The number of aliphatic carboxylic acids is 1. The molecule has 0 amide bonds. The Kier molecular flexibility index (Phi) is 3.29. The molecule has 1 atom stereocenters. The zero-order chi connectivity index (χ0) is 14.3. The Bertz CT molecular complexity index is 482. The van der Waals surface area contributed by atoms with E-state index in [0.29, 0.717) is 6.20 Å². The summed E-state index contributed by atoms with van der Waals surface area (Å²) in [7, 11) is 1.50. The fraction of sp³-hybridized carbons (Fsp3) is 0.636. The first-order chi connectivity index (χ1) is 8.79. The molecule has 1 fully saturated rings. The first-order valence-corrected chi connectivity index (χ1v) is 5.81. The number of rotatable bonds is 5. The second-order valence-corrected chi connectivity index (χ2v) is 4.73. The smallest absolute Gasteiger partial charge is 0.419 e. The van der Waals surface area contributed by atoms with Gasteiger partial charge in [0.15, 0.2) is 0 Å². The van der Waals surface area contributed by atoms with Gasteiger partial charge in [-0.3, -0.25) is 9.48 Å². The first kappa shape index (κ1) is 13.9. The van der Waals surface area contributed by atoms with Crippen LogP contribution in [0.2, 0.25) is 0 Å². The van der Waals surface area contributed by atoms with Crippen LogP contribution in [0.15, 0.2) is 12.4 Å². The highest BCUT2D eigenvalue weighted by Crippen LogP contribution is 2.41. The lowest BCUT2D eigenvalue weighted by atomic mass is 9.93. The number of likely N-dealkylation sites (N-methyl/N-ethyl adjacent to an activating group) is 1. The molecule has 0 bridgehead atoms. The Labute approximate surface area is 107 Å². The van der Waals surface area contributed by atoms with Crippen molar-refractivity contribution in [3.63, 3.8) is 0 Å². The Morgan fingerprint density at radius 1 is 1.58 bits per heavy atom. The normalized spacial score (nSPS) is 19.2. The zero-order valence-corrected chi connectivity index (χ0v) is 10.2. The summed E-state index contributed by atoms with van der Waals surface area (Å²) < 4.78 is 38.4. The zero-order valence-electron chi connectivity index (χ0n) is 10.2. The molecule has 0 radical (unpaired) electrons. The monoisotopic (exact) mass is 277 g/mol. The van der Waals surface area contributed by atoms with Gasteiger partial charge in [-0.05, 0) is 25.8 Å². The highest BCUT2D eigenvalue weighted by Gasteiger charge is 2.51. The van der Waals surface area contributed by atoms with Gasteiger partial charge in [-0.15, -0.1) is 0 Å². The van der Waals surface area contributed by atoms with Crippen molar-refractivity contribution in [1.82, 2.24) is 15.1 Å². The molecule has 5 nitrogen and oxygen atoms in total. The summed E-state index contributed by atoms with van der Waals surface area (Å²) in [5.74, 6) is -1.14. The van der Waals surface area contributed by atoms with E-state index in [2.05, 4.69) is 10.4 Å². The van der Waals surface area contributed by atoms with Crippen LogP contribution in [0.3, 0.4) is 0 Å². The molecule has 1 aromatic rings. The van der Waals surface area contributed by atoms with E-state index in [1.54, 1.807) is 0 Å². The number of carboxylic acids is 1. The molecule has 1 saturated carbocycles. The molecule has 2 N–H and O–H groups in total. The largest absolute Gasteiger partial charge is 0.480 e. The second-order valence-electron chi connectivity index (χ2n) is 4.73. The van der Waals surface area contributed by atoms with Gasteiger partial charge in [0.05, 0.1) is 18.3 Å². The predicted molar refractivity (Wildman–Crippen MR) is 59.4 cm³/mol. The van der Waals surface area contributed by atoms with Crippen LogP contribution >= 0.6 is 0 Å². The third kappa shape index (κ3) is 2.58. The molecule has 0 aromatic carbocycles. The van der Waals surface area contributed by atoms with Crippen molar-refractivity contribution in [2.24, 2.45) is 5.92 Å². The summed E-state index contributed by atoms with van der Waals surface area (Å²) >= 11 is 0. The lowest BCUT2D eigenvalue weighted by Crippen LogP contribution is -2.55. The van der Waals surface area contributed by atoms with E-state index in [9.17, 15) is 23.1 Å². The maximum Gasteiger partial charge on any atom is 0.419 e. The highest BCUT2D eigenvalue weighted by molar-refractivity contribution is 5.79. The van der Waals surface area contributed by atoms with Crippen LogP contribution in [0.5, 0.6) is 0 Å². The van der Waals surface area contributed by atoms with E-state index < -0.39 is 23.2 Å². The molecule has 1 heterocycles. The Balaban J connectivity index is 2.23. The van der Waals surface area contributed by atoms with Crippen molar-refractivity contribution < 1.29 is 23.1 Å². The maximum atomic E-state index is 12.5. The predicted octanol–water partition coefficient (Wildman–Crippen LogP) is 1.35. The summed E-state index contributed by atoms with van der Waals surface area (Å²) in [6, 6.07) is 0. The first-order valence-electron chi connectivity index (χ1n) is 5.81. The Morgan fingerprint density at radius 3 is 2.58 bits per heavy atom. The van der Waals surface area contributed by atoms with Gasteiger partial charge in [0, 0.05) is 6.20 Å². The standard InChI is InChI=1S/C11H14F3N3O2/c1-15-10(9(18)19,7-2-3-7)6-17-5-8(4-16-17)11(12,13)14/h4-5,7,15H,2-3,6H2,1H3,(H,18,19). The average molecular weight is 277 g/mol. The van der Waals surface area contributed by atoms with Crippen molar-refractivity contribution in [2.45, 2.75) is 31.1 Å². The van der Waals surface area contributed by atoms with Crippen molar-refractivity contribution in [3.05, 3.63) is 18.0 Å². The Hall–Kier alpha value is -1.57. The molecule has 8 heteroatoms. The van der Waals surface area contributed by atoms with E-state index in [1.165, 1.54) is 7.05 Å². The van der Waals surface area contributed by atoms with Crippen molar-refractivity contribution in [3.8, 4) is 0 Å². The third-order valence-corrected chi connectivity index (χ3v) is 3.47. The molecular weight excluding hydrogens is 263 g/mol. The number of aromatic nitrogens is 2. The fourth-order valence-corrected chi connectivity index (χ4v) is 2.19. The van der Waals surface area contributed by atoms with Crippen molar-refractivity contribution in [1.29, 1.82) is 0 Å². The van der Waals surface area contributed by atoms with Crippen LogP contribution in [-0.2, 0) is 17.5 Å². The van der Waals surface area contributed by atoms with Crippen LogP contribution in [0.1, 0.15) is 18.4 Å². The number of hydrogen-bond donors (Lipinski definition) is 2. The van der Waals surface area contributed by atoms with Crippen LogP contribution < -0.4 is 5.32 Å². The molecule has 1 aliphatic carbocycles. The SMILES string of the molecule is CNC(Cn1cc(C(F)(F)F)cn1)(C(=O)O)C1CC1. The molecule has 0 spiro atoms. The number of alkyl halides is 3. The highest BCUT2D eigenvalue weighted by atomic mass is 19.4. The average Bonchev–Trinajstić information content (AvgIpc) is 3.04. The summed E-state index contributed by atoms with van der Waals surface area (Å²) in [6.45, 7) is -0.125. The van der Waals surface area contributed by atoms with Gasteiger partial charge in [0.25, 0.3) is 0 Å². The number of nitrogens with one attached hydrogen (secondary N) is 1. The van der Waals surface area contributed by atoms with Gasteiger partial charge < -0.3 is 10.4 Å². The minimum absolute atomic E-state index is 0.0754. The maximum absolute atomic E-state index is 12.5. The van der Waals surface area contributed by atoms with E-state index in [0.717, 1.165) is 23.7 Å². The lowest BCUT2D eigenvalue weighted by Gasteiger charge is -2.28. The quantitative estimate of drug-likeness (QED) is 0.852. The molecule has 0 saturated heterocycles. The van der Waals surface area contributed by atoms with E-state index in [-0.39, 0.29) is 12.5 Å². The minimum atomic E-state index is -4.47. The van der Waals surface area contributed by atoms with Crippen LogP contribution in [0.4, 0.5) is 13.2 Å². The van der Waals surface area contributed by atoms with Gasteiger partial charge in [-0.2, -0.15) is 18.3 Å². The van der Waals surface area contributed by atoms with Gasteiger partial charge in [0.1, 0.15) is 5.54 Å². The van der Waals surface area contributed by atoms with E-state index in [1.807, 2.05) is 0 Å². The molecule has 1 aliphatic rings. The molecule has 106 valence electrons. The number of carboxylic acid groups (broad SMARTS) is 1. The molecular formula is C11H14F3N3O2. The van der Waals surface area contributed by atoms with E-state index >= 15 is 0 Å². The lowest BCUT2D eigenvalue weighted by molar-refractivity contribution is -0.146. The van der Waals surface area contributed by atoms with Gasteiger partial charge >= 0.3 is 12.1 Å². The van der Waals surface area contributed by atoms with E-state index in [4.69, 9.17) is 0 Å². The number of hydrogen-bond acceptors (Lipinski definition) is 3. The van der Waals surface area contributed by atoms with Crippen LogP contribution in [0.25, 0.3) is 0 Å². The van der Waals surface area contributed by atoms with Crippen LogP contribution in [0, 0.1) is 5.92 Å². The Morgan fingerprint density at radius 2 is 2.21 bits per heavy atom. The molecule has 1 unspecified atom stereocenters. The third-order valence-electron chi connectivity index (χ3n) is 3.47. The molecule has 1 aromatic heterocycles. The number of nitrogens with zero attached hydrogens (tertiary/aromatic N) is 2. The van der Waals surface area contributed by atoms with Crippen molar-refractivity contribution in [2.75, 3.05) is 7.05 Å². The number of carbonyl (C=O) groups is 1. The summed E-state index contributed by atoms with van der Waals surface area (Å²) in [5, 5.41) is 15.7. The van der Waals surface area contributed by atoms with Gasteiger partial charge in [-0.1, -0.05) is 0 Å². The summed E-state index contributed by atoms with van der Waals surface area (Å²) in [4.78, 5) is 11.4. The van der Waals surface area contributed by atoms with Gasteiger partial charge in [-0.25, -0.2) is 0 Å². The molecule has 2 rings (SSSR count). The van der Waals surface area contributed by atoms with Crippen molar-refractivity contribution >= 4 is 5.97 Å². The number of halogens is 3. The molecule has 0 aliphatic heterocycles. The summed E-state index contributed by atoms with van der Waals surface area (Å²) in [6.07, 6.45) is -1.43. The van der Waals surface area contributed by atoms with Gasteiger partial charge in [0.2, 0.25) is 0 Å². The molecule has 19 heavy (non-hydrogen) atoms.